The molecule has 0 N–H and O–H groups in total. The van der Waals surface area contributed by atoms with Crippen molar-refractivity contribution in [2.75, 3.05) is 0 Å². The van der Waals surface area contributed by atoms with E-state index >= 15 is 0 Å². The minimum atomic E-state index is -0.675. The molecule has 7 nitrogen and oxygen atoms in total. The fourth-order valence-electron chi connectivity index (χ4n) is 5.20. The van der Waals surface area contributed by atoms with Gasteiger partial charge in [-0.05, 0) is 52.7 Å². The predicted molar refractivity (Wildman–Crippen MR) is 119 cm³/mol. The largest absolute Gasteiger partial charge is 0.459 e. The van der Waals surface area contributed by atoms with Gasteiger partial charge < -0.3 is 4.74 Å². The zero-order chi connectivity index (χ0) is 23.5. The lowest BCUT2D eigenvalue weighted by Crippen LogP contribution is -2.63. The highest BCUT2D eigenvalue weighted by Crippen LogP contribution is 2.41. The van der Waals surface area contributed by atoms with Crippen LogP contribution in [0.4, 0.5) is 0 Å². The highest BCUT2D eigenvalue weighted by molar-refractivity contribution is 6.03. The summed E-state index contributed by atoms with van der Waals surface area (Å²) in [4.78, 5) is 53.4. The molecule has 0 bridgehead atoms. The number of benzene rings is 1. The van der Waals surface area contributed by atoms with Crippen LogP contribution < -0.4 is 0 Å². The zero-order valence-electron chi connectivity index (χ0n) is 19.4. The molecule has 0 unspecified atom stereocenters. The fraction of sp³-hybridized carbons (Fsp3) is 0.600. The summed E-state index contributed by atoms with van der Waals surface area (Å²) in [6, 6.07) is 2.50. The van der Waals surface area contributed by atoms with E-state index in [2.05, 4.69) is 32.8 Å². The Bertz CT molecular complexity index is 867. The van der Waals surface area contributed by atoms with E-state index in [0.717, 1.165) is 12.8 Å². The molecule has 2 aliphatic rings. The highest BCUT2D eigenvalue weighted by atomic mass is 16.7. The highest BCUT2D eigenvalue weighted by Gasteiger charge is 2.48. The lowest BCUT2D eigenvalue weighted by Gasteiger charge is -2.54. The van der Waals surface area contributed by atoms with Crippen LogP contribution in [0.3, 0.4) is 0 Å². The summed E-state index contributed by atoms with van der Waals surface area (Å²) in [5.74, 6) is -0.675. The van der Waals surface area contributed by atoms with E-state index in [9.17, 15) is 19.2 Å². The number of rotatable bonds is 7. The van der Waals surface area contributed by atoms with Crippen molar-refractivity contribution in [3.05, 3.63) is 34.4 Å². The van der Waals surface area contributed by atoms with Crippen LogP contribution in [0.25, 0.3) is 0 Å². The van der Waals surface area contributed by atoms with Crippen LogP contribution in [0.2, 0.25) is 0 Å². The van der Waals surface area contributed by atoms with Crippen molar-refractivity contribution in [2.45, 2.75) is 95.9 Å². The molecule has 1 aliphatic carbocycles. The quantitative estimate of drug-likeness (QED) is 0.450. The van der Waals surface area contributed by atoms with E-state index in [0.29, 0.717) is 31.7 Å². The zero-order valence-corrected chi connectivity index (χ0v) is 19.4. The van der Waals surface area contributed by atoms with E-state index in [4.69, 9.17) is 9.57 Å². The summed E-state index contributed by atoms with van der Waals surface area (Å²) in [7, 11) is 0. The van der Waals surface area contributed by atoms with E-state index < -0.39 is 5.97 Å². The Hall–Kier alpha value is -2.38. The topological polar surface area (TPSA) is 90.0 Å². The second-order valence-corrected chi connectivity index (χ2v) is 10.1. The summed E-state index contributed by atoms with van der Waals surface area (Å²) >= 11 is 0. The van der Waals surface area contributed by atoms with Gasteiger partial charge in [-0.3, -0.25) is 19.2 Å². The molecule has 7 heteroatoms. The fourth-order valence-corrected chi connectivity index (χ4v) is 5.20. The van der Waals surface area contributed by atoms with E-state index in [-0.39, 0.29) is 45.5 Å². The molecular formula is C25H33NO6. The van der Waals surface area contributed by atoms with Crippen molar-refractivity contribution in [1.82, 2.24) is 5.06 Å². The second-order valence-electron chi connectivity index (χ2n) is 10.1. The number of nitrogens with zero attached hydrogens (tertiary/aromatic N) is 1. The van der Waals surface area contributed by atoms with Crippen molar-refractivity contribution in [3.8, 4) is 0 Å². The third-order valence-electron chi connectivity index (χ3n) is 6.49. The van der Waals surface area contributed by atoms with Gasteiger partial charge in [0, 0.05) is 40.6 Å². The summed E-state index contributed by atoms with van der Waals surface area (Å²) in [6.45, 7) is 8.32. The maximum atomic E-state index is 13.0. The van der Waals surface area contributed by atoms with Crippen molar-refractivity contribution in [1.29, 1.82) is 0 Å². The first-order chi connectivity index (χ1) is 15.1. The van der Waals surface area contributed by atoms with Crippen LogP contribution >= 0.6 is 0 Å². The molecule has 0 radical (unpaired) electrons. The first-order valence-corrected chi connectivity index (χ1v) is 11.3. The van der Waals surface area contributed by atoms with Gasteiger partial charge in [-0.2, -0.15) is 5.06 Å². The average molecular weight is 444 g/mol. The van der Waals surface area contributed by atoms with Gasteiger partial charge in [-0.1, -0.05) is 19.3 Å². The Morgan fingerprint density at radius 1 is 0.844 bits per heavy atom. The molecule has 0 aromatic heterocycles. The van der Waals surface area contributed by atoms with Crippen LogP contribution in [-0.4, -0.2) is 53.2 Å². The number of carbonyl (C=O) groups is 4. The molecule has 1 aromatic carbocycles. The molecule has 1 saturated heterocycles. The van der Waals surface area contributed by atoms with Gasteiger partial charge in [0.2, 0.25) is 0 Å². The minimum absolute atomic E-state index is 0.0100. The molecule has 1 heterocycles. The molecule has 0 amide bonds. The second kappa shape index (κ2) is 9.63. The standard InChI is InChI=1S/C25H33NO6/c1-24(2)12-21(13-25(3,4)26(24)32-20-8-6-5-7-9-20)31-23(30)22-11-18(15-28)17(14-27)10-19(22)16-29/h10-11,14-16,20-21H,5-9,12-13H2,1-4H3. The first kappa shape index (κ1) is 24.3. The Kier molecular flexibility index (Phi) is 7.30. The van der Waals surface area contributed by atoms with Crippen LogP contribution in [0.1, 0.15) is 114 Å². The summed E-state index contributed by atoms with van der Waals surface area (Å²) < 4.78 is 5.82. The molecular weight excluding hydrogens is 410 g/mol. The molecule has 3 rings (SSSR count). The lowest BCUT2D eigenvalue weighted by atomic mass is 9.80. The molecule has 0 atom stereocenters. The van der Waals surface area contributed by atoms with E-state index in [1.807, 2.05) is 0 Å². The van der Waals surface area contributed by atoms with Gasteiger partial charge in [0.15, 0.2) is 18.9 Å². The van der Waals surface area contributed by atoms with Crippen molar-refractivity contribution in [3.63, 3.8) is 0 Å². The Balaban J connectivity index is 1.78. The number of hydrogen-bond acceptors (Lipinski definition) is 7. The average Bonchev–Trinajstić information content (AvgIpc) is 2.75. The summed E-state index contributed by atoms with van der Waals surface area (Å²) in [5, 5.41) is 2.08. The van der Waals surface area contributed by atoms with Gasteiger partial charge in [-0.15, -0.1) is 0 Å². The van der Waals surface area contributed by atoms with Crippen LogP contribution in [0.5, 0.6) is 0 Å². The molecule has 1 saturated carbocycles. The van der Waals surface area contributed by atoms with E-state index in [1.54, 1.807) is 0 Å². The molecule has 1 aliphatic heterocycles. The van der Waals surface area contributed by atoms with Gasteiger partial charge in [-0.25, -0.2) is 4.79 Å². The van der Waals surface area contributed by atoms with Gasteiger partial charge in [0.1, 0.15) is 6.10 Å². The van der Waals surface area contributed by atoms with Crippen molar-refractivity contribution in [2.24, 2.45) is 0 Å². The Morgan fingerprint density at radius 2 is 1.38 bits per heavy atom. The summed E-state index contributed by atoms with van der Waals surface area (Å²) in [6.07, 6.45) is 8.18. The Morgan fingerprint density at radius 3 is 1.91 bits per heavy atom. The molecule has 174 valence electrons. The molecule has 0 spiro atoms. The smallest absolute Gasteiger partial charge is 0.339 e. The number of piperidine rings is 1. The maximum Gasteiger partial charge on any atom is 0.339 e. The molecule has 2 fully saturated rings. The number of hydroxylamine groups is 2. The summed E-state index contributed by atoms with van der Waals surface area (Å²) in [5.41, 5.74) is -0.605. The molecule has 32 heavy (non-hydrogen) atoms. The van der Waals surface area contributed by atoms with Crippen LogP contribution in [0, 0.1) is 0 Å². The SMILES string of the molecule is CC1(C)CC(OC(=O)c2cc(C=O)c(C=O)cc2C=O)CC(C)(C)N1OC1CCCCC1. The number of carbonyl (C=O) groups excluding carboxylic acids is 4. The minimum Gasteiger partial charge on any atom is -0.459 e. The van der Waals surface area contributed by atoms with Crippen molar-refractivity contribution >= 4 is 24.8 Å². The maximum absolute atomic E-state index is 13.0. The lowest BCUT2D eigenvalue weighted by molar-refractivity contribution is -0.317. The van der Waals surface area contributed by atoms with Gasteiger partial charge >= 0.3 is 5.97 Å². The number of hydrogen-bond donors (Lipinski definition) is 0. The monoisotopic (exact) mass is 443 g/mol. The number of esters is 1. The predicted octanol–water partition coefficient (Wildman–Crippen LogP) is 4.57. The van der Waals surface area contributed by atoms with Gasteiger partial charge in [0.05, 0.1) is 11.7 Å². The van der Waals surface area contributed by atoms with Gasteiger partial charge in [0.25, 0.3) is 0 Å². The first-order valence-electron chi connectivity index (χ1n) is 11.3. The number of ether oxygens (including phenoxy) is 1. The third-order valence-corrected chi connectivity index (χ3v) is 6.49. The molecule has 1 aromatic rings. The Labute approximate surface area is 189 Å². The normalized spacial score (nSPS) is 21.6. The van der Waals surface area contributed by atoms with Crippen LogP contribution in [0.15, 0.2) is 12.1 Å². The van der Waals surface area contributed by atoms with Crippen molar-refractivity contribution < 1.29 is 28.8 Å². The van der Waals surface area contributed by atoms with Crippen LogP contribution in [-0.2, 0) is 9.57 Å². The third kappa shape index (κ3) is 5.15. The number of aldehydes is 3. The van der Waals surface area contributed by atoms with E-state index in [1.165, 1.54) is 31.4 Å².